The molecule has 0 radical (unpaired) electrons. The van der Waals surface area contributed by atoms with Gasteiger partial charge in [0.2, 0.25) is 0 Å². The first-order valence-electron chi connectivity index (χ1n) is 0.617. The predicted octanol–water partition coefficient (Wildman–Crippen LogP) is -5.19. The summed E-state index contributed by atoms with van der Waals surface area (Å²) in [5.74, 6) is 0. The van der Waals surface area contributed by atoms with Crippen LogP contribution in [0, 0.1) is 0 Å². The van der Waals surface area contributed by atoms with Gasteiger partial charge in [-0.1, -0.05) is 0 Å². The maximum atomic E-state index is 8.58. The van der Waals surface area contributed by atoms with Crippen molar-refractivity contribution in [2.45, 2.75) is 0 Å². The van der Waals surface area contributed by atoms with Crippen LogP contribution in [0.1, 0.15) is 0 Å². The van der Waals surface area contributed by atoms with E-state index in [-0.39, 0.29) is 70.2 Å². The molecule has 4 nitrogen and oxygen atoms in total. The van der Waals surface area contributed by atoms with Crippen molar-refractivity contribution in [3.63, 3.8) is 0 Å². The topological polar surface area (TPSA) is 74.3 Å². The molecule has 7 heteroatoms. The second-order valence-electron chi connectivity index (χ2n) is 0.378. The van der Waals surface area contributed by atoms with Crippen LogP contribution in [0.4, 0.5) is 0 Å². The number of rotatable bonds is 0. The quantitative estimate of drug-likeness (QED) is 0.337. The van der Waals surface area contributed by atoms with E-state index >= 15 is 0 Å². The summed E-state index contributed by atoms with van der Waals surface area (Å²) in [4.78, 5) is 0. The molecule has 0 bridgehead atoms. The van der Waals surface area contributed by atoms with E-state index in [1.54, 1.807) is 0 Å². The third kappa shape index (κ3) is 67.9. The molecule has 0 spiro atoms. The Morgan fingerprint density at radius 1 is 1.14 bits per heavy atom. The molecule has 7 heavy (non-hydrogen) atoms. The zero-order valence-electron chi connectivity index (χ0n) is 3.01. The molecule has 0 saturated carbocycles. The van der Waals surface area contributed by atoms with Crippen LogP contribution in [0.3, 0.4) is 0 Å². The summed E-state index contributed by atoms with van der Waals surface area (Å²) in [5, 5.41) is 0. The minimum atomic E-state index is -5.62. The monoisotopic (exact) mass is 166 g/mol. The molecule has 0 aliphatic carbocycles. The summed E-state index contributed by atoms with van der Waals surface area (Å²) >= 11 is -5.62. The van der Waals surface area contributed by atoms with Gasteiger partial charge in [-0.2, -0.15) is 0 Å². The van der Waals surface area contributed by atoms with Crippen molar-refractivity contribution in [3.05, 3.63) is 0 Å². The van der Waals surface area contributed by atoms with E-state index in [0.717, 1.165) is 0 Å². The van der Waals surface area contributed by atoms with Gasteiger partial charge in [-0.15, -0.1) is 0 Å². The molecule has 0 aromatic rings. The van der Waals surface area contributed by atoms with Crippen LogP contribution in [0.25, 0.3) is 0 Å². The zero-order valence-corrected chi connectivity index (χ0v) is 7.31. The van der Waals surface area contributed by atoms with Gasteiger partial charge in [0, 0.05) is 0 Å². The van der Waals surface area contributed by atoms with Gasteiger partial charge in [-0.3, -0.25) is 0 Å². The maximum absolute atomic E-state index is 8.58. The number of hydrogen-bond donors (Lipinski definition) is 0. The Labute approximate surface area is 96.8 Å². The van der Waals surface area contributed by atoms with Crippen LogP contribution in [0.15, 0.2) is 0 Å². The van der Waals surface area contributed by atoms with Gasteiger partial charge in [-0.05, 0) is 0 Å². The minimum absolute atomic E-state index is 0. The zero-order chi connectivity index (χ0) is 4.50. The van der Waals surface area contributed by atoms with Crippen molar-refractivity contribution in [1.82, 2.24) is 0 Å². The third-order valence-electron chi connectivity index (χ3n) is 0. The van der Waals surface area contributed by atoms with Gasteiger partial charge < -0.3 is 0 Å². The molecule has 0 N–H and O–H groups in total. The van der Waals surface area contributed by atoms with Crippen molar-refractivity contribution in [1.29, 1.82) is 0 Å². The average Bonchev–Trinajstić information content (AvgIpc) is 0.722. The first-order chi connectivity index (χ1) is 2.00. The van der Waals surface area contributed by atoms with Crippen molar-refractivity contribution in [2.75, 3.05) is 0 Å². The molecule has 34 valence electrons. The molecule has 0 atom stereocenters. The molecule has 0 fully saturated rings. The molecule has 0 aliphatic rings. The van der Waals surface area contributed by atoms with Crippen LogP contribution in [0.5, 0.6) is 0 Å². The van der Waals surface area contributed by atoms with Crippen LogP contribution in [0.2, 0.25) is 0 Å². The van der Waals surface area contributed by atoms with Crippen molar-refractivity contribution in [3.8, 4) is 0 Å². The second-order valence-corrected chi connectivity index (χ2v) is 1.56. The molecule has 0 saturated heterocycles. The standard InChI is InChI=1S/K.Li.Mn.4O.H/q+1;;;;;;-1;. The summed E-state index contributed by atoms with van der Waals surface area (Å²) < 4.78 is 34.3. The first-order valence-corrected chi connectivity index (χ1v) is 2.54. The Hall–Kier alpha value is 2.11. The third-order valence-corrected chi connectivity index (χ3v) is 0. The van der Waals surface area contributed by atoms with E-state index in [2.05, 4.69) is 0 Å². The fourth-order valence-electron chi connectivity index (χ4n) is 0. The van der Waals surface area contributed by atoms with Gasteiger partial charge in [0.1, 0.15) is 0 Å². The van der Waals surface area contributed by atoms with Crippen LogP contribution >= 0.6 is 0 Å². The van der Waals surface area contributed by atoms with Crippen LogP contribution < -0.4 is 55.6 Å². The molecule has 0 aromatic carbocycles. The first kappa shape index (κ1) is 16.1. The summed E-state index contributed by atoms with van der Waals surface area (Å²) in [6.45, 7) is 0. The summed E-state index contributed by atoms with van der Waals surface area (Å²) in [7, 11) is 0. The Morgan fingerprint density at radius 2 is 1.14 bits per heavy atom. The fourth-order valence-corrected chi connectivity index (χ4v) is 0. The van der Waals surface area contributed by atoms with E-state index in [1.807, 2.05) is 0 Å². The molecular weight excluding hydrogens is 165 g/mol. The molecular formula is HKLiMnO4. The molecule has 0 aliphatic heterocycles. The van der Waals surface area contributed by atoms with Crippen molar-refractivity contribution >= 4 is 18.9 Å². The Bertz CT molecular complexity index is 133. The second kappa shape index (κ2) is 6.24. The Balaban J connectivity index is -0.0000000800. The van der Waals surface area contributed by atoms with E-state index < -0.39 is 13.0 Å². The fraction of sp³-hybridized carbons (Fsp3) is 0. The van der Waals surface area contributed by atoms with Gasteiger partial charge in [0.15, 0.2) is 0 Å². The number of hydrogen-bond acceptors (Lipinski definition) is 4. The van der Waals surface area contributed by atoms with E-state index in [9.17, 15) is 0 Å². The van der Waals surface area contributed by atoms with Crippen LogP contribution in [-0.4, -0.2) is 18.9 Å². The normalized spacial score (nSPS) is 8.14. The Kier molecular flexibility index (Phi) is 14.3. The van der Waals surface area contributed by atoms with Gasteiger partial charge in [-0.25, -0.2) is 0 Å². The molecule has 0 rings (SSSR count). The summed E-state index contributed by atoms with van der Waals surface area (Å²) in [5.41, 5.74) is 0. The van der Waals surface area contributed by atoms with Crippen molar-refractivity contribution < 1.29 is 80.0 Å². The van der Waals surface area contributed by atoms with E-state index in [0.29, 0.717) is 0 Å². The van der Waals surface area contributed by atoms with Gasteiger partial charge >= 0.3 is 98.9 Å². The van der Waals surface area contributed by atoms with Gasteiger partial charge in [0.05, 0.1) is 0 Å². The van der Waals surface area contributed by atoms with Crippen LogP contribution in [-0.2, 0) is 24.5 Å². The van der Waals surface area contributed by atoms with E-state index in [1.165, 1.54) is 0 Å². The van der Waals surface area contributed by atoms with Gasteiger partial charge in [0.25, 0.3) is 0 Å². The van der Waals surface area contributed by atoms with E-state index in [4.69, 9.17) is 15.7 Å². The Morgan fingerprint density at radius 3 is 1.14 bits per heavy atom. The van der Waals surface area contributed by atoms with Crippen molar-refractivity contribution in [2.24, 2.45) is 0 Å². The average molecular weight is 166 g/mol. The predicted molar refractivity (Wildman–Crippen MR) is 9.21 cm³/mol. The molecule has 0 heterocycles. The molecule has 0 unspecified atom stereocenters. The summed E-state index contributed by atoms with van der Waals surface area (Å²) in [6.07, 6.45) is 0. The SMILES string of the molecule is [K+].[LiH].[O]=[Mn](=[O])(=[O])[O-]. The summed E-state index contributed by atoms with van der Waals surface area (Å²) in [6, 6.07) is 0. The molecule has 0 amide bonds. The molecule has 0 aromatic heterocycles.